The molecule has 1 aromatic carbocycles. The van der Waals surface area contributed by atoms with Crippen LogP contribution in [0.1, 0.15) is 22.4 Å². The van der Waals surface area contributed by atoms with E-state index in [0.717, 1.165) is 43.9 Å². The lowest BCUT2D eigenvalue weighted by Crippen LogP contribution is -2.29. The molecule has 2 aromatic heterocycles. The summed E-state index contributed by atoms with van der Waals surface area (Å²) in [6.07, 6.45) is 2.58. The van der Waals surface area contributed by atoms with E-state index in [2.05, 4.69) is 16.9 Å². The summed E-state index contributed by atoms with van der Waals surface area (Å²) in [6.45, 7) is 4.98. The van der Waals surface area contributed by atoms with E-state index in [9.17, 15) is 9.59 Å². The van der Waals surface area contributed by atoms with E-state index in [0.29, 0.717) is 24.5 Å². The van der Waals surface area contributed by atoms with Crippen LogP contribution in [-0.2, 0) is 16.1 Å². The van der Waals surface area contributed by atoms with Crippen molar-refractivity contribution in [3.63, 3.8) is 0 Å². The van der Waals surface area contributed by atoms with Crippen molar-refractivity contribution in [3.05, 3.63) is 45.6 Å². The van der Waals surface area contributed by atoms with Crippen molar-refractivity contribution in [2.45, 2.75) is 26.8 Å². The molecule has 0 aliphatic rings. The van der Waals surface area contributed by atoms with Crippen LogP contribution in [0.4, 0.5) is 0 Å². The Morgan fingerprint density at radius 1 is 1.21 bits per heavy atom. The van der Waals surface area contributed by atoms with Gasteiger partial charge in [0.2, 0.25) is 12.3 Å². The van der Waals surface area contributed by atoms with Crippen LogP contribution in [0.2, 0.25) is 5.02 Å². The van der Waals surface area contributed by atoms with Crippen molar-refractivity contribution in [2.24, 2.45) is 0 Å². The minimum Gasteiger partial charge on any atom is -0.348 e. The fourth-order valence-corrected chi connectivity index (χ4v) is 4.51. The van der Waals surface area contributed by atoms with Crippen molar-refractivity contribution >= 4 is 45.5 Å². The Bertz CT molecular complexity index is 1070. The second-order valence-corrected chi connectivity index (χ2v) is 8.70. The minimum atomic E-state index is -0.0104. The van der Waals surface area contributed by atoms with Crippen molar-refractivity contribution in [1.82, 2.24) is 19.8 Å². The molecule has 0 aliphatic heterocycles. The maximum atomic E-state index is 12.3. The predicted molar refractivity (Wildman–Crippen MR) is 117 cm³/mol. The number of rotatable bonds is 7. The zero-order valence-electron chi connectivity index (χ0n) is 16.9. The molecule has 29 heavy (non-hydrogen) atoms. The number of halogens is 1. The van der Waals surface area contributed by atoms with Crippen LogP contribution in [0.5, 0.6) is 0 Å². The molecule has 6 nitrogen and oxygen atoms in total. The average molecular weight is 431 g/mol. The normalized spacial score (nSPS) is 10.9. The van der Waals surface area contributed by atoms with Gasteiger partial charge in [0.1, 0.15) is 6.33 Å². The molecule has 0 unspecified atom stereocenters. The highest BCUT2D eigenvalue weighted by molar-refractivity contribution is 7.19. The van der Waals surface area contributed by atoms with Gasteiger partial charge in [-0.1, -0.05) is 11.6 Å². The molecule has 3 rings (SSSR count). The molecule has 0 bridgehead atoms. The molecule has 0 spiro atoms. The molecule has 0 saturated heterocycles. The molecular weight excluding hydrogens is 408 g/mol. The van der Waals surface area contributed by atoms with Crippen molar-refractivity contribution in [3.8, 4) is 11.3 Å². The summed E-state index contributed by atoms with van der Waals surface area (Å²) < 4.78 is 0.980. The lowest BCUT2D eigenvalue weighted by atomic mass is 10.0. The summed E-state index contributed by atoms with van der Waals surface area (Å²) in [7, 11) is 3.43. The number of aryl methyl sites for hydroxylation is 1. The van der Waals surface area contributed by atoms with Crippen LogP contribution in [0.25, 0.3) is 21.5 Å². The third-order valence-corrected chi connectivity index (χ3v) is 6.26. The van der Waals surface area contributed by atoms with Gasteiger partial charge in [0.15, 0.2) is 0 Å². The molecular formula is C21H23ClN4O2S. The van der Waals surface area contributed by atoms with Crippen LogP contribution in [0.15, 0.2) is 24.5 Å². The molecule has 0 saturated carbocycles. The highest BCUT2D eigenvalue weighted by Crippen LogP contribution is 2.36. The van der Waals surface area contributed by atoms with E-state index in [1.165, 1.54) is 4.90 Å². The van der Waals surface area contributed by atoms with Gasteiger partial charge >= 0.3 is 0 Å². The number of hydrogen-bond acceptors (Lipinski definition) is 5. The Kier molecular flexibility index (Phi) is 6.49. The molecule has 0 fully saturated rings. The first-order valence-electron chi connectivity index (χ1n) is 9.20. The SMILES string of the molecule is Cc1cc(Cl)cc(-c2ncnc3cc(CN(C)C(=O)CCN(C)C=O)sc23)c1C. The van der Waals surface area contributed by atoms with Gasteiger partial charge in [0.25, 0.3) is 0 Å². The quantitative estimate of drug-likeness (QED) is 0.530. The van der Waals surface area contributed by atoms with E-state index in [4.69, 9.17) is 11.6 Å². The largest absolute Gasteiger partial charge is 0.348 e. The monoisotopic (exact) mass is 430 g/mol. The summed E-state index contributed by atoms with van der Waals surface area (Å²) in [4.78, 5) is 36.1. The second-order valence-electron chi connectivity index (χ2n) is 7.13. The highest BCUT2D eigenvalue weighted by atomic mass is 35.5. The van der Waals surface area contributed by atoms with Gasteiger partial charge in [-0.05, 0) is 43.2 Å². The molecule has 2 amide bonds. The van der Waals surface area contributed by atoms with Crippen LogP contribution >= 0.6 is 22.9 Å². The number of benzene rings is 1. The summed E-state index contributed by atoms with van der Waals surface area (Å²) in [5.74, 6) is -0.0104. The van der Waals surface area contributed by atoms with E-state index in [1.54, 1.807) is 36.7 Å². The van der Waals surface area contributed by atoms with Crippen molar-refractivity contribution in [1.29, 1.82) is 0 Å². The summed E-state index contributed by atoms with van der Waals surface area (Å²) >= 11 is 7.87. The Morgan fingerprint density at radius 3 is 2.69 bits per heavy atom. The summed E-state index contributed by atoms with van der Waals surface area (Å²) in [6, 6.07) is 5.88. The molecule has 0 N–H and O–H groups in total. The van der Waals surface area contributed by atoms with E-state index in [-0.39, 0.29) is 5.91 Å². The zero-order valence-corrected chi connectivity index (χ0v) is 18.5. The number of aromatic nitrogens is 2. The van der Waals surface area contributed by atoms with Crippen molar-refractivity contribution < 1.29 is 9.59 Å². The number of thiophene rings is 1. The lowest BCUT2D eigenvalue weighted by Gasteiger charge is -2.17. The zero-order chi connectivity index (χ0) is 21.1. The average Bonchev–Trinajstić information content (AvgIpc) is 3.10. The van der Waals surface area contributed by atoms with Gasteiger partial charge < -0.3 is 9.80 Å². The maximum absolute atomic E-state index is 12.3. The van der Waals surface area contributed by atoms with Crippen molar-refractivity contribution in [2.75, 3.05) is 20.6 Å². The highest BCUT2D eigenvalue weighted by Gasteiger charge is 2.16. The number of fused-ring (bicyclic) bond motifs is 1. The van der Waals surface area contributed by atoms with Crippen LogP contribution in [-0.4, -0.2) is 52.7 Å². The van der Waals surface area contributed by atoms with Crippen LogP contribution in [0.3, 0.4) is 0 Å². The smallest absolute Gasteiger partial charge is 0.224 e. The summed E-state index contributed by atoms with van der Waals surface area (Å²) in [5.41, 5.74) is 4.96. The van der Waals surface area contributed by atoms with Gasteiger partial charge in [-0.15, -0.1) is 11.3 Å². The molecule has 8 heteroatoms. The third-order valence-electron chi connectivity index (χ3n) is 4.93. The molecule has 2 heterocycles. The number of carbonyl (C=O) groups is 2. The maximum Gasteiger partial charge on any atom is 0.224 e. The van der Waals surface area contributed by atoms with Gasteiger partial charge in [-0.25, -0.2) is 9.97 Å². The molecule has 0 radical (unpaired) electrons. The molecule has 0 aliphatic carbocycles. The van der Waals surface area contributed by atoms with Gasteiger partial charge in [0, 0.05) is 42.5 Å². The predicted octanol–water partition coefficient (Wildman–Crippen LogP) is 4.07. The van der Waals surface area contributed by atoms with E-state index in [1.807, 2.05) is 25.1 Å². The van der Waals surface area contributed by atoms with E-state index < -0.39 is 0 Å². The fourth-order valence-electron chi connectivity index (χ4n) is 3.07. The molecule has 0 atom stereocenters. The Hall–Kier alpha value is -2.51. The van der Waals surface area contributed by atoms with Gasteiger partial charge in [0.05, 0.1) is 22.5 Å². The van der Waals surface area contributed by atoms with Crippen LogP contribution < -0.4 is 0 Å². The Morgan fingerprint density at radius 2 is 1.97 bits per heavy atom. The first-order chi connectivity index (χ1) is 13.8. The van der Waals surface area contributed by atoms with Crippen LogP contribution in [0, 0.1) is 13.8 Å². The topological polar surface area (TPSA) is 66.4 Å². The second kappa shape index (κ2) is 8.88. The number of nitrogens with zero attached hydrogens (tertiary/aromatic N) is 4. The lowest BCUT2D eigenvalue weighted by molar-refractivity contribution is -0.131. The summed E-state index contributed by atoms with van der Waals surface area (Å²) in [5, 5.41) is 0.678. The first kappa shape index (κ1) is 21.2. The third kappa shape index (κ3) is 4.74. The molecule has 3 aromatic rings. The fraction of sp³-hybridized carbons (Fsp3) is 0.333. The molecule has 152 valence electrons. The number of amides is 2. The number of hydrogen-bond donors (Lipinski definition) is 0. The van der Waals surface area contributed by atoms with Gasteiger partial charge in [-0.2, -0.15) is 0 Å². The van der Waals surface area contributed by atoms with E-state index >= 15 is 0 Å². The Labute approximate surface area is 179 Å². The Balaban J connectivity index is 1.87. The van der Waals surface area contributed by atoms with Gasteiger partial charge in [-0.3, -0.25) is 9.59 Å². The number of carbonyl (C=O) groups excluding carboxylic acids is 2. The standard InChI is InChI=1S/C21H23ClN4O2S/c1-13-7-15(22)8-17(14(13)2)20-21-18(23-11-24-20)9-16(29-21)10-26(4)19(28)5-6-25(3)12-27/h7-9,11-12H,5-6,10H2,1-4H3. The minimum absolute atomic E-state index is 0.0104. The first-order valence-corrected chi connectivity index (χ1v) is 10.4.